The van der Waals surface area contributed by atoms with Crippen LogP contribution in [0.15, 0.2) is 24.3 Å². The Balaban J connectivity index is 1.64. The molecule has 0 bridgehead atoms. The van der Waals surface area contributed by atoms with Gasteiger partial charge in [-0.3, -0.25) is 14.5 Å². The number of nitrogens with zero attached hydrogens (tertiary/aromatic N) is 2. The summed E-state index contributed by atoms with van der Waals surface area (Å²) in [5.41, 5.74) is 1.88. The van der Waals surface area contributed by atoms with Gasteiger partial charge in [-0.25, -0.2) is 0 Å². The molecule has 156 valence electrons. The van der Waals surface area contributed by atoms with Crippen molar-refractivity contribution in [2.24, 2.45) is 5.92 Å². The largest absolute Gasteiger partial charge is 0.463 e. The summed E-state index contributed by atoms with van der Waals surface area (Å²) in [7, 11) is 0. The molecule has 0 spiro atoms. The van der Waals surface area contributed by atoms with Crippen molar-refractivity contribution in [3.05, 3.63) is 29.8 Å². The first kappa shape index (κ1) is 22.4. The fraction of sp³-hybridized carbons (Fsp3) is 0.636. The minimum Gasteiger partial charge on any atom is -0.463 e. The van der Waals surface area contributed by atoms with Crippen LogP contribution in [-0.4, -0.2) is 68.7 Å². The molecule has 0 saturated carbocycles. The van der Waals surface area contributed by atoms with E-state index >= 15 is 0 Å². The minimum absolute atomic E-state index is 0.0655. The molecule has 0 amide bonds. The summed E-state index contributed by atoms with van der Waals surface area (Å²) in [6.07, 6.45) is 0.341. The van der Waals surface area contributed by atoms with Gasteiger partial charge in [-0.2, -0.15) is 0 Å². The fourth-order valence-corrected chi connectivity index (χ4v) is 3.07. The van der Waals surface area contributed by atoms with Gasteiger partial charge in [0.05, 0.1) is 12.5 Å². The van der Waals surface area contributed by atoms with Crippen molar-refractivity contribution in [3.63, 3.8) is 0 Å². The standard InChI is InChI=1S/C22H34N2O4/c1-17(2)15-27-18(3)16-28-22(26)9-10-23-11-13-24(14-12-23)21-7-5-20(6-8-21)19(4)25/h5-8,17-18H,9-16H2,1-4H3. The number of anilines is 1. The van der Waals surface area contributed by atoms with E-state index in [4.69, 9.17) is 9.47 Å². The van der Waals surface area contributed by atoms with Crippen LogP contribution in [0.2, 0.25) is 0 Å². The molecule has 1 saturated heterocycles. The van der Waals surface area contributed by atoms with Crippen molar-refractivity contribution in [1.82, 2.24) is 4.90 Å². The SMILES string of the molecule is CC(=O)c1ccc(N2CCN(CCC(=O)OCC(C)OCC(C)C)CC2)cc1. The van der Waals surface area contributed by atoms with E-state index in [1.165, 1.54) is 0 Å². The lowest BCUT2D eigenvalue weighted by Gasteiger charge is -2.36. The zero-order valence-corrected chi connectivity index (χ0v) is 17.6. The highest BCUT2D eigenvalue weighted by atomic mass is 16.6. The van der Waals surface area contributed by atoms with Crippen LogP contribution in [0.5, 0.6) is 0 Å². The average Bonchev–Trinajstić information content (AvgIpc) is 2.69. The lowest BCUT2D eigenvalue weighted by Crippen LogP contribution is -2.47. The quantitative estimate of drug-likeness (QED) is 0.452. The molecular weight excluding hydrogens is 356 g/mol. The molecule has 1 atom stereocenters. The van der Waals surface area contributed by atoms with Gasteiger partial charge >= 0.3 is 5.97 Å². The van der Waals surface area contributed by atoms with Gasteiger partial charge in [0.2, 0.25) is 0 Å². The third-order valence-electron chi connectivity index (χ3n) is 4.84. The molecule has 6 nitrogen and oxygen atoms in total. The van der Waals surface area contributed by atoms with Crippen LogP contribution in [0.4, 0.5) is 5.69 Å². The summed E-state index contributed by atoms with van der Waals surface area (Å²) in [6, 6.07) is 7.77. The predicted octanol–water partition coefficient (Wildman–Crippen LogP) is 3.01. The molecule has 1 aliphatic heterocycles. The summed E-state index contributed by atoms with van der Waals surface area (Å²) in [5, 5.41) is 0. The topological polar surface area (TPSA) is 59.1 Å². The van der Waals surface area contributed by atoms with E-state index in [2.05, 4.69) is 23.6 Å². The molecule has 1 aromatic rings. The lowest BCUT2D eigenvalue weighted by molar-refractivity contribution is -0.148. The van der Waals surface area contributed by atoms with Crippen molar-refractivity contribution >= 4 is 17.4 Å². The number of esters is 1. The maximum atomic E-state index is 12.0. The number of Topliss-reactive ketones (excluding diaryl/α,β-unsaturated/α-hetero) is 1. The highest BCUT2D eigenvalue weighted by molar-refractivity contribution is 5.94. The summed E-state index contributed by atoms with van der Waals surface area (Å²) in [6.45, 7) is 13.1. The Hall–Kier alpha value is -1.92. The van der Waals surface area contributed by atoms with Crippen LogP contribution in [0.3, 0.4) is 0 Å². The first-order valence-electron chi connectivity index (χ1n) is 10.2. The molecule has 2 rings (SSSR count). The number of ether oxygens (including phenoxy) is 2. The number of carbonyl (C=O) groups is 2. The Morgan fingerprint density at radius 3 is 2.21 bits per heavy atom. The normalized spacial score (nSPS) is 16.2. The Labute approximate surface area is 168 Å². The Bertz CT molecular complexity index is 622. The summed E-state index contributed by atoms with van der Waals surface area (Å²) in [4.78, 5) is 27.9. The molecule has 0 radical (unpaired) electrons. The van der Waals surface area contributed by atoms with E-state index in [0.717, 1.165) is 44.0 Å². The molecule has 1 fully saturated rings. The molecule has 1 aliphatic rings. The maximum absolute atomic E-state index is 12.0. The second-order valence-electron chi connectivity index (χ2n) is 7.90. The zero-order valence-electron chi connectivity index (χ0n) is 17.6. The monoisotopic (exact) mass is 390 g/mol. The van der Waals surface area contributed by atoms with Gasteiger partial charge in [-0.15, -0.1) is 0 Å². The summed E-state index contributed by atoms with van der Waals surface area (Å²) < 4.78 is 10.9. The fourth-order valence-electron chi connectivity index (χ4n) is 3.07. The maximum Gasteiger partial charge on any atom is 0.307 e. The molecule has 0 N–H and O–H groups in total. The zero-order chi connectivity index (χ0) is 20.5. The van der Waals surface area contributed by atoms with E-state index in [-0.39, 0.29) is 17.9 Å². The van der Waals surface area contributed by atoms with Crippen LogP contribution in [-0.2, 0) is 14.3 Å². The molecular formula is C22H34N2O4. The van der Waals surface area contributed by atoms with Crippen LogP contribution in [0.25, 0.3) is 0 Å². The van der Waals surface area contributed by atoms with Gasteiger partial charge in [0.1, 0.15) is 6.61 Å². The molecule has 1 heterocycles. The van der Waals surface area contributed by atoms with Crippen LogP contribution < -0.4 is 4.90 Å². The van der Waals surface area contributed by atoms with Crippen LogP contribution in [0, 0.1) is 5.92 Å². The Morgan fingerprint density at radius 1 is 1.00 bits per heavy atom. The summed E-state index contributed by atoms with van der Waals surface area (Å²) >= 11 is 0. The highest BCUT2D eigenvalue weighted by Crippen LogP contribution is 2.17. The first-order valence-corrected chi connectivity index (χ1v) is 10.2. The van der Waals surface area contributed by atoms with E-state index in [1.807, 2.05) is 31.2 Å². The van der Waals surface area contributed by atoms with Gasteiger partial charge in [0.25, 0.3) is 0 Å². The molecule has 1 unspecified atom stereocenters. The van der Waals surface area contributed by atoms with E-state index in [1.54, 1.807) is 6.92 Å². The number of benzene rings is 1. The van der Waals surface area contributed by atoms with Gasteiger partial charge in [0.15, 0.2) is 5.78 Å². The Kier molecular flexibility index (Phi) is 8.93. The summed E-state index contributed by atoms with van der Waals surface area (Å²) in [5.74, 6) is 0.398. The molecule has 0 aliphatic carbocycles. The van der Waals surface area contributed by atoms with Gasteiger partial charge in [-0.1, -0.05) is 13.8 Å². The van der Waals surface area contributed by atoms with Gasteiger partial charge in [-0.05, 0) is 44.0 Å². The molecule has 28 heavy (non-hydrogen) atoms. The average molecular weight is 391 g/mol. The molecule has 0 aromatic heterocycles. The number of hydrogen-bond donors (Lipinski definition) is 0. The number of carbonyl (C=O) groups excluding carboxylic acids is 2. The smallest absolute Gasteiger partial charge is 0.307 e. The van der Waals surface area contributed by atoms with Gasteiger partial charge in [0, 0.05) is 50.6 Å². The number of rotatable bonds is 10. The number of piperazine rings is 1. The highest BCUT2D eigenvalue weighted by Gasteiger charge is 2.18. The molecule has 6 heteroatoms. The van der Waals surface area contributed by atoms with Crippen molar-refractivity contribution in [2.45, 2.75) is 40.2 Å². The Morgan fingerprint density at radius 2 is 1.64 bits per heavy atom. The van der Waals surface area contributed by atoms with Crippen LogP contribution in [0.1, 0.15) is 44.5 Å². The van der Waals surface area contributed by atoms with Crippen molar-refractivity contribution in [1.29, 1.82) is 0 Å². The van der Waals surface area contributed by atoms with E-state index in [9.17, 15) is 9.59 Å². The predicted molar refractivity (Wildman–Crippen MR) is 111 cm³/mol. The first-order chi connectivity index (χ1) is 13.3. The van der Waals surface area contributed by atoms with E-state index in [0.29, 0.717) is 25.6 Å². The van der Waals surface area contributed by atoms with Crippen molar-refractivity contribution in [3.8, 4) is 0 Å². The third-order valence-corrected chi connectivity index (χ3v) is 4.84. The third kappa shape index (κ3) is 7.60. The van der Waals surface area contributed by atoms with Crippen LogP contribution >= 0.6 is 0 Å². The van der Waals surface area contributed by atoms with Crippen molar-refractivity contribution < 1.29 is 19.1 Å². The number of hydrogen-bond acceptors (Lipinski definition) is 6. The minimum atomic E-state index is -0.165. The van der Waals surface area contributed by atoms with E-state index < -0.39 is 0 Å². The number of ketones is 1. The lowest BCUT2D eigenvalue weighted by atomic mass is 10.1. The van der Waals surface area contributed by atoms with Crippen molar-refractivity contribution in [2.75, 3.05) is 50.8 Å². The molecule has 1 aromatic carbocycles. The second kappa shape index (κ2) is 11.2. The second-order valence-corrected chi connectivity index (χ2v) is 7.90. The van der Waals surface area contributed by atoms with Gasteiger partial charge < -0.3 is 14.4 Å².